The molecular formula is C19H17N3O3. The average molecular weight is 335 g/mol. The Morgan fingerprint density at radius 1 is 1.24 bits per heavy atom. The summed E-state index contributed by atoms with van der Waals surface area (Å²) >= 11 is 0. The number of hydrogen-bond donors (Lipinski definition) is 3. The van der Waals surface area contributed by atoms with Crippen molar-refractivity contribution in [3.8, 4) is 11.5 Å². The number of carboxylic acid groups (broad SMARTS) is 1. The Labute approximate surface area is 143 Å². The molecule has 2 aromatic heterocycles. The van der Waals surface area contributed by atoms with Gasteiger partial charge in [-0.05, 0) is 62.0 Å². The van der Waals surface area contributed by atoms with Gasteiger partial charge in [0.15, 0.2) is 5.58 Å². The Balaban J connectivity index is 1.82. The fourth-order valence-electron chi connectivity index (χ4n) is 3.01. The van der Waals surface area contributed by atoms with Crippen LogP contribution in [0, 0.1) is 0 Å². The minimum absolute atomic E-state index is 0.238. The van der Waals surface area contributed by atoms with E-state index in [1.807, 2.05) is 25.4 Å². The number of carboxylic acids is 1. The summed E-state index contributed by atoms with van der Waals surface area (Å²) in [5.74, 6) is -0.465. The number of aromatic carboxylic acids is 1. The predicted molar refractivity (Wildman–Crippen MR) is 95.9 cm³/mol. The number of H-pyrrole nitrogens is 1. The number of aromatic amines is 1. The van der Waals surface area contributed by atoms with E-state index in [0.717, 1.165) is 40.5 Å². The standard InChI is InChI=1S/C19H17N3O3/c1-20-9-8-13-10-21-14-6-7-15-17(16(13)14)22-18(25-15)11-2-4-12(5-3-11)19(23)24/h2-7,10,20-21H,8-9H2,1H3,(H,23,24). The fraction of sp³-hybridized carbons (Fsp3) is 0.158. The van der Waals surface area contributed by atoms with Crippen molar-refractivity contribution < 1.29 is 14.3 Å². The van der Waals surface area contributed by atoms with Gasteiger partial charge in [-0.25, -0.2) is 9.78 Å². The maximum Gasteiger partial charge on any atom is 0.335 e. The smallest absolute Gasteiger partial charge is 0.335 e. The number of oxazole rings is 1. The molecule has 0 radical (unpaired) electrons. The second-order valence-electron chi connectivity index (χ2n) is 5.90. The number of benzene rings is 2. The predicted octanol–water partition coefficient (Wildman–Crippen LogP) is 3.44. The van der Waals surface area contributed by atoms with Gasteiger partial charge in [0.05, 0.1) is 5.56 Å². The molecule has 6 nitrogen and oxygen atoms in total. The maximum absolute atomic E-state index is 11.0. The SMILES string of the molecule is CNCCc1c[nH]c2ccc3oc(-c4ccc(C(=O)O)cc4)nc3c12. The Bertz CT molecular complexity index is 1060. The lowest BCUT2D eigenvalue weighted by molar-refractivity contribution is 0.0697. The number of rotatable bonds is 5. The lowest BCUT2D eigenvalue weighted by atomic mass is 10.1. The molecule has 0 fully saturated rings. The molecule has 0 atom stereocenters. The Morgan fingerprint density at radius 2 is 2.04 bits per heavy atom. The van der Waals surface area contributed by atoms with Crippen LogP contribution in [0.1, 0.15) is 15.9 Å². The molecule has 6 heteroatoms. The lowest BCUT2D eigenvalue weighted by Crippen LogP contribution is -2.09. The van der Waals surface area contributed by atoms with Gasteiger partial charge < -0.3 is 19.8 Å². The van der Waals surface area contributed by atoms with Gasteiger partial charge in [0.2, 0.25) is 5.89 Å². The number of carbonyl (C=O) groups is 1. The number of likely N-dealkylation sites (N-methyl/N-ethyl adjacent to an activating group) is 1. The molecule has 4 rings (SSSR count). The zero-order chi connectivity index (χ0) is 17.4. The van der Waals surface area contributed by atoms with Crippen LogP contribution >= 0.6 is 0 Å². The second-order valence-corrected chi connectivity index (χ2v) is 5.90. The molecule has 0 saturated carbocycles. The van der Waals surface area contributed by atoms with Crippen LogP contribution in [-0.2, 0) is 6.42 Å². The number of nitrogens with zero attached hydrogens (tertiary/aromatic N) is 1. The molecule has 0 saturated heterocycles. The highest BCUT2D eigenvalue weighted by molar-refractivity contribution is 6.05. The minimum Gasteiger partial charge on any atom is -0.478 e. The molecule has 4 aromatic rings. The molecule has 2 heterocycles. The highest BCUT2D eigenvalue weighted by Crippen LogP contribution is 2.31. The highest BCUT2D eigenvalue weighted by atomic mass is 16.4. The molecule has 0 amide bonds. The van der Waals surface area contributed by atoms with E-state index in [1.165, 1.54) is 5.56 Å². The normalized spacial score (nSPS) is 11.4. The van der Waals surface area contributed by atoms with Gasteiger partial charge in [-0.1, -0.05) is 0 Å². The third kappa shape index (κ3) is 2.66. The highest BCUT2D eigenvalue weighted by Gasteiger charge is 2.15. The minimum atomic E-state index is -0.952. The molecule has 0 spiro atoms. The quantitative estimate of drug-likeness (QED) is 0.520. The summed E-state index contributed by atoms with van der Waals surface area (Å²) in [6.45, 7) is 0.880. The maximum atomic E-state index is 11.0. The summed E-state index contributed by atoms with van der Waals surface area (Å²) in [5.41, 5.74) is 4.75. The summed E-state index contributed by atoms with van der Waals surface area (Å²) in [6.07, 6.45) is 2.91. The van der Waals surface area contributed by atoms with Gasteiger partial charge in [-0.15, -0.1) is 0 Å². The number of aromatic nitrogens is 2. The van der Waals surface area contributed by atoms with E-state index >= 15 is 0 Å². The summed E-state index contributed by atoms with van der Waals surface area (Å²) < 4.78 is 5.90. The third-order valence-electron chi connectivity index (χ3n) is 4.31. The topological polar surface area (TPSA) is 91.2 Å². The molecular weight excluding hydrogens is 318 g/mol. The van der Waals surface area contributed by atoms with E-state index in [9.17, 15) is 4.79 Å². The monoisotopic (exact) mass is 335 g/mol. The number of fused-ring (bicyclic) bond motifs is 3. The van der Waals surface area contributed by atoms with Gasteiger partial charge in [0, 0.05) is 22.7 Å². The fourth-order valence-corrected chi connectivity index (χ4v) is 3.01. The molecule has 3 N–H and O–H groups in total. The van der Waals surface area contributed by atoms with Crippen molar-refractivity contribution in [3.63, 3.8) is 0 Å². The summed E-state index contributed by atoms with van der Waals surface area (Å²) in [4.78, 5) is 18.9. The van der Waals surface area contributed by atoms with Gasteiger partial charge in [-0.3, -0.25) is 0 Å². The summed E-state index contributed by atoms with van der Waals surface area (Å²) in [7, 11) is 1.93. The van der Waals surface area contributed by atoms with Crippen LogP contribution in [0.2, 0.25) is 0 Å². The van der Waals surface area contributed by atoms with Crippen molar-refractivity contribution in [2.75, 3.05) is 13.6 Å². The van der Waals surface area contributed by atoms with Crippen LogP contribution < -0.4 is 5.32 Å². The van der Waals surface area contributed by atoms with Gasteiger partial charge in [0.1, 0.15) is 5.52 Å². The van der Waals surface area contributed by atoms with E-state index in [4.69, 9.17) is 9.52 Å². The van der Waals surface area contributed by atoms with E-state index in [-0.39, 0.29) is 5.56 Å². The third-order valence-corrected chi connectivity index (χ3v) is 4.31. The van der Waals surface area contributed by atoms with E-state index in [0.29, 0.717) is 5.89 Å². The Hall–Kier alpha value is -3.12. The Kier molecular flexibility index (Phi) is 3.74. The molecule has 25 heavy (non-hydrogen) atoms. The second kappa shape index (κ2) is 6.07. The largest absolute Gasteiger partial charge is 0.478 e. The van der Waals surface area contributed by atoms with Crippen molar-refractivity contribution in [1.29, 1.82) is 0 Å². The van der Waals surface area contributed by atoms with Crippen LogP contribution in [0.15, 0.2) is 47.0 Å². The first kappa shape index (κ1) is 15.4. The molecule has 0 bridgehead atoms. The van der Waals surface area contributed by atoms with E-state index in [2.05, 4.69) is 15.3 Å². The van der Waals surface area contributed by atoms with Crippen LogP contribution in [0.5, 0.6) is 0 Å². The van der Waals surface area contributed by atoms with Crippen molar-refractivity contribution in [2.45, 2.75) is 6.42 Å². The molecule has 2 aromatic carbocycles. The molecule has 0 aliphatic heterocycles. The van der Waals surface area contributed by atoms with Crippen LogP contribution in [0.3, 0.4) is 0 Å². The van der Waals surface area contributed by atoms with Crippen molar-refractivity contribution in [1.82, 2.24) is 15.3 Å². The van der Waals surface area contributed by atoms with Gasteiger partial charge >= 0.3 is 5.97 Å². The zero-order valence-corrected chi connectivity index (χ0v) is 13.7. The van der Waals surface area contributed by atoms with Gasteiger partial charge in [-0.2, -0.15) is 0 Å². The van der Waals surface area contributed by atoms with E-state index < -0.39 is 5.97 Å². The first-order chi connectivity index (χ1) is 12.2. The number of nitrogens with one attached hydrogen (secondary N) is 2. The van der Waals surface area contributed by atoms with Crippen molar-refractivity contribution in [2.24, 2.45) is 0 Å². The molecule has 0 aliphatic rings. The molecule has 0 aliphatic carbocycles. The molecule has 126 valence electrons. The Morgan fingerprint density at radius 3 is 2.76 bits per heavy atom. The van der Waals surface area contributed by atoms with E-state index in [1.54, 1.807) is 24.3 Å². The lowest BCUT2D eigenvalue weighted by Gasteiger charge is -1.98. The summed E-state index contributed by atoms with van der Waals surface area (Å²) in [5, 5.41) is 13.2. The van der Waals surface area contributed by atoms with Crippen LogP contribution in [0.25, 0.3) is 33.5 Å². The first-order valence-corrected chi connectivity index (χ1v) is 8.05. The first-order valence-electron chi connectivity index (χ1n) is 8.05. The average Bonchev–Trinajstić information content (AvgIpc) is 3.23. The molecule has 0 unspecified atom stereocenters. The zero-order valence-electron chi connectivity index (χ0n) is 13.7. The van der Waals surface area contributed by atoms with Crippen LogP contribution in [0.4, 0.5) is 0 Å². The van der Waals surface area contributed by atoms with Crippen molar-refractivity contribution >= 4 is 28.0 Å². The van der Waals surface area contributed by atoms with Crippen molar-refractivity contribution in [3.05, 3.63) is 53.7 Å². The summed E-state index contributed by atoms with van der Waals surface area (Å²) in [6, 6.07) is 10.4. The van der Waals surface area contributed by atoms with Gasteiger partial charge in [0.25, 0.3) is 0 Å². The van der Waals surface area contributed by atoms with Crippen LogP contribution in [-0.4, -0.2) is 34.6 Å². The number of hydrogen-bond acceptors (Lipinski definition) is 4.